The van der Waals surface area contributed by atoms with E-state index >= 15 is 0 Å². The van der Waals surface area contributed by atoms with Gasteiger partial charge in [0.25, 0.3) is 6.43 Å². The van der Waals surface area contributed by atoms with Crippen LogP contribution in [-0.2, 0) is 5.88 Å². The van der Waals surface area contributed by atoms with E-state index in [0.717, 1.165) is 0 Å². The summed E-state index contributed by atoms with van der Waals surface area (Å²) in [5.41, 5.74) is -0.240. The number of nitrogens with zero attached hydrogens (tertiary/aromatic N) is 1. The monoisotopic (exact) mass is 245 g/mol. The van der Waals surface area contributed by atoms with Gasteiger partial charge >= 0.3 is 0 Å². The van der Waals surface area contributed by atoms with Gasteiger partial charge in [-0.15, -0.1) is 11.6 Å². The second-order valence-corrected chi connectivity index (χ2v) is 3.28. The molecule has 0 aromatic carbocycles. The standard InChI is InChI=1S/C7H4Cl3F2N/c8-2-3-1-4(9)5(10)6(13-3)7(11)12/h1,7H,2H2. The molecule has 0 N–H and O–H groups in total. The van der Waals surface area contributed by atoms with Crippen molar-refractivity contribution in [2.24, 2.45) is 0 Å². The molecule has 0 radical (unpaired) electrons. The average molecular weight is 246 g/mol. The van der Waals surface area contributed by atoms with Crippen LogP contribution >= 0.6 is 34.8 Å². The normalized spacial score (nSPS) is 10.9. The molecule has 1 rings (SSSR count). The number of alkyl halides is 3. The van der Waals surface area contributed by atoms with E-state index < -0.39 is 12.1 Å². The summed E-state index contributed by atoms with van der Waals surface area (Å²) in [6.07, 6.45) is -2.74. The van der Waals surface area contributed by atoms with Crippen LogP contribution in [0.3, 0.4) is 0 Å². The van der Waals surface area contributed by atoms with Crippen LogP contribution in [0.4, 0.5) is 8.78 Å². The summed E-state index contributed by atoms with van der Waals surface area (Å²) in [7, 11) is 0. The van der Waals surface area contributed by atoms with Crippen LogP contribution in [0.25, 0.3) is 0 Å². The highest BCUT2D eigenvalue weighted by Gasteiger charge is 2.17. The third-order valence-electron chi connectivity index (χ3n) is 1.34. The molecule has 0 saturated heterocycles. The Balaban J connectivity index is 3.25. The first kappa shape index (κ1) is 11.0. The summed E-state index contributed by atoms with van der Waals surface area (Å²) in [6.45, 7) is 0. The lowest BCUT2D eigenvalue weighted by Crippen LogP contribution is -1.96. The lowest BCUT2D eigenvalue weighted by Gasteiger charge is -2.05. The van der Waals surface area contributed by atoms with Gasteiger partial charge in [-0.05, 0) is 6.07 Å². The topological polar surface area (TPSA) is 12.9 Å². The van der Waals surface area contributed by atoms with Gasteiger partial charge in [-0.25, -0.2) is 13.8 Å². The number of pyridine rings is 1. The molecule has 1 aromatic rings. The molecule has 1 heterocycles. The van der Waals surface area contributed by atoms with Crippen molar-refractivity contribution >= 4 is 34.8 Å². The average Bonchev–Trinajstić information content (AvgIpc) is 2.09. The van der Waals surface area contributed by atoms with Crippen molar-refractivity contribution in [3.8, 4) is 0 Å². The molecule has 0 fully saturated rings. The fraction of sp³-hybridized carbons (Fsp3) is 0.286. The summed E-state index contributed by atoms with van der Waals surface area (Å²) in [5.74, 6) is 0.0244. The third kappa shape index (κ3) is 2.42. The number of halogens is 5. The molecule has 0 saturated carbocycles. The Morgan fingerprint density at radius 1 is 1.38 bits per heavy atom. The Bertz CT molecular complexity index is 317. The molecule has 0 spiro atoms. The van der Waals surface area contributed by atoms with E-state index in [-0.39, 0.29) is 21.6 Å². The van der Waals surface area contributed by atoms with E-state index in [1.165, 1.54) is 6.07 Å². The van der Waals surface area contributed by atoms with E-state index in [1.807, 2.05) is 0 Å². The summed E-state index contributed by atoms with van der Waals surface area (Å²) in [5, 5.41) is -0.173. The second-order valence-electron chi connectivity index (χ2n) is 2.23. The van der Waals surface area contributed by atoms with Crippen LogP contribution in [0.1, 0.15) is 17.8 Å². The van der Waals surface area contributed by atoms with Crippen molar-refractivity contribution in [1.29, 1.82) is 0 Å². The molecule has 0 atom stereocenters. The van der Waals surface area contributed by atoms with Crippen molar-refractivity contribution in [1.82, 2.24) is 4.98 Å². The molecule has 0 aliphatic rings. The maximum atomic E-state index is 12.3. The maximum absolute atomic E-state index is 12.3. The Morgan fingerprint density at radius 2 is 2.00 bits per heavy atom. The number of hydrogen-bond acceptors (Lipinski definition) is 1. The quantitative estimate of drug-likeness (QED) is 0.717. The molecule has 72 valence electrons. The summed E-state index contributed by atoms with van der Waals surface area (Å²) in [4.78, 5) is 3.55. The van der Waals surface area contributed by atoms with Crippen molar-refractivity contribution in [3.05, 3.63) is 27.5 Å². The fourth-order valence-corrected chi connectivity index (χ4v) is 1.32. The molecule has 1 aromatic heterocycles. The first-order valence-electron chi connectivity index (χ1n) is 3.25. The molecule has 0 unspecified atom stereocenters. The summed E-state index contributed by atoms with van der Waals surface area (Å²) >= 11 is 16.5. The largest absolute Gasteiger partial charge is 0.281 e. The highest BCUT2D eigenvalue weighted by atomic mass is 35.5. The number of rotatable bonds is 2. The first-order valence-corrected chi connectivity index (χ1v) is 4.54. The van der Waals surface area contributed by atoms with Gasteiger partial charge < -0.3 is 0 Å². The minimum atomic E-state index is -2.74. The molecule has 1 nitrogen and oxygen atoms in total. The molecule has 0 bridgehead atoms. The van der Waals surface area contributed by atoms with Crippen LogP contribution in [0.15, 0.2) is 6.07 Å². The zero-order valence-corrected chi connectivity index (χ0v) is 8.47. The zero-order chi connectivity index (χ0) is 10.0. The van der Waals surface area contributed by atoms with Gasteiger partial charge in [-0.3, -0.25) is 0 Å². The molecular formula is C7H4Cl3F2N. The van der Waals surface area contributed by atoms with Crippen molar-refractivity contribution in [2.45, 2.75) is 12.3 Å². The maximum Gasteiger partial charge on any atom is 0.281 e. The smallest absolute Gasteiger partial charge is 0.249 e. The minimum absolute atomic E-state index is 0.0244. The van der Waals surface area contributed by atoms with Crippen LogP contribution in [-0.4, -0.2) is 4.98 Å². The van der Waals surface area contributed by atoms with Gasteiger partial charge in [0.2, 0.25) is 0 Å². The zero-order valence-electron chi connectivity index (χ0n) is 6.20. The first-order chi connectivity index (χ1) is 6.06. The van der Waals surface area contributed by atoms with Crippen LogP contribution < -0.4 is 0 Å². The molecule has 0 amide bonds. The molecule has 0 aliphatic carbocycles. The lowest BCUT2D eigenvalue weighted by atomic mass is 10.3. The number of aromatic nitrogens is 1. The van der Waals surface area contributed by atoms with E-state index in [2.05, 4.69) is 4.98 Å². The van der Waals surface area contributed by atoms with Crippen molar-refractivity contribution in [2.75, 3.05) is 0 Å². The SMILES string of the molecule is FC(F)c1nc(CCl)cc(Cl)c1Cl. The second kappa shape index (κ2) is 4.40. The van der Waals surface area contributed by atoms with Crippen molar-refractivity contribution in [3.63, 3.8) is 0 Å². The predicted molar refractivity (Wildman–Crippen MR) is 48.8 cm³/mol. The van der Waals surface area contributed by atoms with Gasteiger partial charge in [0.05, 0.1) is 21.6 Å². The molecule has 6 heteroatoms. The molecular weight excluding hydrogens is 242 g/mol. The highest BCUT2D eigenvalue weighted by Crippen LogP contribution is 2.31. The lowest BCUT2D eigenvalue weighted by molar-refractivity contribution is 0.146. The van der Waals surface area contributed by atoms with Gasteiger partial charge in [0.1, 0.15) is 5.69 Å². The van der Waals surface area contributed by atoms with E-state index in [4.69, 9.17) is 34.8 Å². The Kier molecular flexibility index (Phi) is 3.71. The summed E-state index contributed by atoms with van der Waals surface area (Å²) < 4.78 is 24.6. The van der Waals surface area contributed by atoms with Crippen LogP contribution in [0.5, 0.6) is 0 Å². The van der Waals surface area contributed by atoms with Gasteiger partial charge in [0, 0.05) is 0 Å². The van der Waals surface area contributed by atoms with E-state index in [0.29, 0.717) is 0 Å². The van der Waals surface area contributed by atoms with E-state index in [9.17, 15) is 8.78 Å². The Morgan fingerprint density at radius 3 is 2.46 bits per heavy atom. The Labute approximate surface area is 88.6 Å². The highest BCUT2D eigenvalue weighted by molar-refractivity contribution is 6.42. The minimum Gasteiger partial charge on any atom is -0.249 e. The molecule has 13 heavy (non-hydrogen) atoms. The third-order valence-corrected chi connectivity index (χ3v) is 2.40. The van der Waals surface area contributed by atoms with Crippen LogP contribution in [0.2, 0.25) is 10.0 Å². The van der Waals surface area contributed by atoms with Crippen molar-refractivity contribution < 1.29 is 8.78 Å². The number of hydrogen-bond donors (Lipinski definition) is 0. The van der Waals surface area contributed by atoms with Gasteiger partial charge in [-0.1, -0.05) is 23.2 Å². The van der Waals surface area contributed by atoms with Gasteiger partial charge in [0.15, 0.2) is 0 Å². The molecule has 0 aliphatic heterocycles. The summed E-state index contributed by atoms with van der Waals surface area (Å²) in [6, 6.07) is 1.36. The van der Waals surface area contributed by atoms with Gasteiger partial charge in [-0.2, -0.15) is 0 Å². The van der Waals surface area contributed by atoms with Crippen LogP contribution in [0, 0.1) is 0 Å². The Hall–Kier alpha value is -0.120. The predicted octanol–water partition coefficient (Wildman–Crippen LogP) is 4.06. The van der Waals surface area contributed by atoms with E-state index in [1.54, 1.807) is 0 Å². The fourth-order valence-electron chi connectivity index (χ4n) is 0.781.